The van der Waals surface area contributed by atoms with Crippen LogP contribution in [0.15, 0.2) is 42.5 Å². The van der Waals surface area contributed by atoms with Crippen molar-refractivity contribution >= 4 is 0 Å². The Bertz CT molecular complexity index is 883. The summed E-state index contributed by atoms with van der Waals surface area (Å²) in [7, 11) is 0. The molecule has 182 valence electrons. The van der Waals surface area contributed by atoms with Gasteiger partial charge in [0, 0.05) is 6.54 Å². The molecule has 2 aromatic rings. The van der Waals surface area contributed by atoms with E-state index in [2.05, 4.69) is 57.7 Å². The molecule has 0 bridgehead atoms. The maximum Gasteiger partial charge on any atom is 0.416 e. The van der Waals surface area contributed by atoms with Crippen LogP contribution in [0.25, 0.3) is 11.1 Å². The molecule has 0 aromatic heterocycles. The molecule has 0 N–H and O–H groups in total. The number of nitrogens with zero attached hydrogens (tertiary/aromatic N) is 1. The van der Waals surface area contributed by atoms with E-state index in [9.17, 15) is 13.2 Å². The second-order valence-electron chi connectivity index (χ2n) is 10.8. The highest BCUT2D eigenvalue weighted by Crippen LogP contribution is 2.36. The third kappa shape index (κ3) is 7.34. The molecule has 3 rings (SSSR count). The molecule has 1 aliphatic heterocycles. The van der Waals surface area contributed by atoms with E-state index in [1.54, 1.807) is 12.1 Å². The van der Waals surface area contributed by atoms with Crippen molar-refractivity contribution in [2.75, 3.05) is 19.6 Å². The fraction of sp³-hybridized carbons (Fsp3) is 0.586. The Morgan fingerprint density at radius 1 is 0.909 bits per heavy atom. The first-order chi connectivity index (χ1) is 15.5. The zero-order chi connectivity index (χ0) is 24.2. The Morgan fingerprint density at radius 3 is 2.21 bits per heavy atom. The quantitative estimate of drug-likeness (QED) is 0.381. The van der Waals surface area contributed by atoms with Crippen LogP contribution in [0.4, 0.5) is 13.2 Å². The van der Waals surface area contributed by atoms with Gasteiger partial charge in [-0.3, -0.25) is 0 Å². The van der Waals surface area contributed by atoms with E-state index >= 15 is 0 Å². The van der Waals surface area contributed by atoms with Gasteiger partial charge in [0.15, 0.2) is 0 Å². The lowest BCUT2D eigenvalue weighted by Gasteiger charge is -2.34. The predicted molar refractivity (Wildman–Crippen MR) is 133 cm³/mol. The van der Waals surface area contributed by atoms with E-state index < -0.39 is 11.7 Å². The van der Waals surface area contributed by atoms with Gasteiger partial charge in [0.1, 0.15) is 0 Å². The van der Waals surface area contributed by atoms with Gasteiger partial charge in [-0.15, -0.1) is 0 Å². The summed E-state index contributed by atoms with van der Waals surface area (Å²) in [6.45, 7) is 14.7. The normalized spacial score (nSPS) is 18.8. The van der Waals surface area contributed by atoms with Crippen molar-refractivity contribution in [1.82, 2.24) is 4.90 Å². The van der Waals surface area contributed by atoms with Gasteiger partial charge < -0.3 is 4.90 Å². The second kappa shape index (κ2) is 11.1. The van der Waals surface area contributed by atoms with Crippen LogP contribution < -0.4 is 0 Å². The fourth-order valence-electron chi connectivity index (χ4n) is 5.03. The third-order valence-corrected chi connectivity index (χ3v) is 6.92. The standard InChI is InChI=1S/C29H40F3N/c1-20(2)12-14-33-13-6-7-24(19-33)27-17-25(22(5)15-21(3)4)16-26(18-27)23-8-10-28(11-9-23)29(30,31)32/h8-11,16-18,20-22,24H,6-7,12-15,19H2,1-5H3. The number of rotatable bonds is 8. The van der Waals surface area contributed by atoms with Gasteiger partial charge in [-0.05, 0) is 96.8 Å². The average molecular weight is 460 g/mol. The van der Waals surface area contributed by atoms with Gasteiger partial charge in [0.2, 0.25) is 0 Å². The van der Waals surface area contributed by atoms with Crippen LogP contribution >= 0.6 is 0 Å². The molecule has 2 unspecified atom stereocenters. The third-order valence-electron chi connectivity index (χ3n) is 6.92. The summed E-state index contributed by atoms with van der Waals surface area (Å²) in [5.41, 5.74) is 3.94. The Balaban J connectivity index is 1.92. The molecule has 1 fully saturated rings. The number of hydrogen-bond donors (Lipinski definition) is 0. The Labute approximate surface area is 198 Å². The average Bonchev–Trinajstić information content (AvgIpc) is 2.76. The Kier molecular flexibility index (Phi) is 8.66. The molecule has 1 saturated heterocycles. The van der Waals surface area contributed by atoms with Gasteiger partial charge in [-0.25, -0.2) is 0 Å². The first-order valence-electron chi connectivity index (χ1n) is 12.6. The molecular weight excluding hydrogens is 419 g/mol. The summed E-state index contributed by atoms with van der Waals surface area (Å²) in [6.07, 6.45) is 0.381. The van der Waals surface area contributed by atoms with E-state index in [4.69, 9.17) is 0 Å². The first-order valence-corrected chi connectivity index (χ1v) is 12.6. The van der Waals surface area contributed by atoms with Crippen LogP contribution in [0.3, 0.4) is 0 Å². The molecule has 2 atom stereocenters. The number of halogens is 3. The predicted octanol–water partition coefficient (Wildman–Crippen LogP) is 8.75. The highest BCUT2D eigenvalue weighted by atomic mass is 19.4. The van der Waals surface area contributed by atoms with Gasteiger partial charge in [0.05, 0.1) is 5.56 Å². The number of alkyl halides is 3. The van der Waals surface area contributed by atoms with E-state index in [-0.39, 0.29) is 0 Å². The van der Waals surface area contributed by atoms with Gasteiger partial charge in [-0.2, -0.15) is 13.2 Å². The summed E-state index contributed by atoms with van der Waals surface area (Å²) >= 11 is 0. The maximum atomic E-state index is 13.1. The van der Waals surface area contributed by atoms with Crippen LogP contribution in [-0.2, 0) is 6.18 Å². The van der Waals surface area contributed by atoms with Crippen molar-refractivity contribution in [3.8, 4) is 11.1 Å². The minimum absolute atomic E-state index is 0.416. The lowest BCUT2D eigenvalue weighted by atomic mass is 9.83. The minimum atomic E-state index is -4.31. The molecule has 0 saturated carbocycles. The summed E-state index contributed by atoms with van der Waals surface area (Å²) in [6, 6.07) is 12.4. The number of hydrogen-bond acceptors (Lipinski definition) is 1. The monoisotopic (exact) mass is 459 g/mol. The Morgan fingerprint density at radius 2 is 1.61 bits per heavy atom. The zero-order valence-corrected chi connectivity index (χ0v) is 20.9. The van der Waals surface area contributed by atoms with Gasteiger partial charge in [-0.1, -0.05) is 65.0 Å². The fourth-order valence-corrected chi connectivity index (χ4v) is 5.03. The van der Waals surface area contributed by atoms with Gasteiger partial charge >= 0.3 is 6.18 Å². The number of piperidine rings is 1. The number of benzene rings is 2. The molecule has 0 radical (unpaired) electrons. The van der Waals surface area contributed by atoms with E-state index in [0.29, 0.717) is 23.7 Å². The van der Waals surface area contributed by atoms with Crippen LogP contribution in [0.5, 0.6) is 0 Å². The maximum absolute atomic E-state index is 13.1. The molecule has 2 aromatic carbocycles. The van der Waals surface area contributed by atoms with Crippen molar-refractivity contribution in [3.63, 3.8) is 0 Å². The topological polar surface area (TPSA) is 3.24 Å². The zero-order valence-electron chi connectivity index (χ0n) is 20.9. The molecule has 1 heterocycles. The summed E-state index contributed by atoms with van der Waals surface area (Å²) < 4.78 is 39.2. The highest BCUT2D eigenvalue weighted by molar-refractivity contribution is 5.66. The first kappa shape index (κ1) is 25.8. The summed E-state index contributed by atoms with van der Waals surface area (Å²) in [5.74, 6) is 2.19. The molecule has 1 nitrogen and oxygen atoms in total. The highest BCUT2D eigenvalue weighted by Gasteiger charge is 2.30. The SMILES string of the molecule is CC(C)CCN1CCCC(c2cc(-c3ccc(C(F)(F)F)cc3)cc(C(C)CC(C)C)c2)C1. The van der Waals surface area contributed by atoms with E-state index in [1.165, 1.54) is 49.1 Å². The molecule has 0 amide bonds. The van der Waals surface area contributed by atoms with E-state index in [1.807, 2.05) is 0 Å². The molecule has 1 aliphatic rings. The summed E-state index contributed by atoms with van der Waals surface area (Å²) in [5, 5.41) is 0. The smallest absolute Gasteiger partial charge is 0.303 e. The van der Waals surface area contributed by atoms with Crippen molar-refractivity contribution in [2.45, 2.75) is 78.3 Å². The number of likely N-dealkylation sites (tertiary alicyclic amines) is 1. The van der Waals surface area contributed by atoms with Crippen molar-refractivity contribution < 1.29 is 13.2 Å². The van der Waals surface area contributed by atoms with Crippen LogP contribution in [-0.4, -0.2) is 24.5 Å². The summed E-state index contributed by atoms with van der Waals surface area (Å²) in [4.78, 5) is 2.59. The molecular formula is C29H40F3N. The molecule has 0 aliphatic carbocycles. The van der Waals surface area contributed by atoms with Crippen LogP contribution in [0.1, 0.15) is 88.8 Å². The largest absolute Gasteiger partial charge is 0.416 e. The van der Waals surface area contributed by atoms with Crippen molar-refractivity contribution in [3.05, 3.63) is 59.2 Å². The molecule has 0 spiro atoms. The minimum Gasteiger partial charge on any atom is -0.303 e. The molecule has 4 heteroatoms. The van der Waals surface area contributed by atoms with E-state index in [0.717, 1.165) is 30.6 Å². The van der Waals surface area contributed by atoms with Crippen LogP contribution in [0.2, 0.25) is 0 Å². The second-order valence-corrected chi connectivity index (χ2v) is 10.8. The lowest BCUT2D eigenvalue weighted by molar-refractivity contribution is -0.137. The Hall–Kier alpha value is -1.81. The van der Waals surface area contributed by atoms with Crippen LogP contribution in [0, 0.1) is 11.8 Å². The lowest BCUT2D eigenvalue weighted by Crippen LogP contribution is -2.35. The van der Waals surface area contributed by atoms with Gasteiger partial charge in [0.25, 0.3) is 0 Å². The molecule has 33 heavy (non-hydrogen) atoms. The van der Waals surface area contributed by atoms with Crippen molar-refractivity contribution in [2.24, 2.45) is 11.8 Å². The van der Waals surface area contributed by atoms with Crippen molar-refractivity contribution in [1.29, 1.82) is 0 Å².